The van der Waals surface area contributed by atoms with Crippen LogP contribution < -0.4 is 16.6 Å². The van der Waals surface area contributed by atoms with Crippen molar-refractivity contribution in [1.29, 1.82) is 0 Å². The minimum atomic E-state index is -0.542. The molecular formula is C18H23N5O3. The summed E-state index contributed by atoms with van der Waals surface area (Å²) in [6.07, 6.45) is 0.939. The first-order valence-electron chi connectivity index (χ1n) is 9.08. The molecule has 0 spiro atoms. The average molecular weight is 357 g/mol. The SMILES string of the molecule is O=C(Cn1c(=O)[nH]c2ccccc2c1=O)N1CCC(N2CCNCC2)C1. The fraction of sp³-hybridized carbons (Fsp3) is 0.500. The van der Waals surface area contributed by atoms with E-state index in [4.69, 9.17) is 0 Å². The van der Waals surface area contributed by atoms with Crippen LogP contribution in [0.4, 0.5) is 0 Å². The number of aromatic nitrogens is 2. The van der Waals surface area contributed by atoms with Gasteiger partial charge >= 0.3 is 5.69 Å². The van der Waals surface area contributed by atoms with Crippen molar-refractivity contribution in [3.05, 3.63) is 45.1 Å². The van der Waals surface area contributed by atoms with E-state index in [1.165, 1.54) is 0 Å². The molecule has 138 valence electrons. The summed E-state index contributed by atoms with van der Waals surface area (Å²) < 4.78 is 1.00. The number of carbonyl (C=O) groups excluding carboxylic acids is 1. The Morgan fingerprint density at radius 1 is 1.12 bits per heavy atom. The van der Waals surface area contributed by atoms with Crippen molar-refractivity contribution >= 4 is 16.8 Å². The Labute approximate surface area is 150 Å². The molecule has 1 amide bonds. The van der Waals surface area contributed by atoms with E-state index >= 15 is 0 Å². The molecule has 2 aliphatic rings. The van der Waals surface area contributed by atoms with Gasteiger partial charge in [0.05, 0.1) is 10.9 Å². The van der Waals surface area contributed by atoms with Gasteiger partial charge in [-0.1, -0.05) is 12.1 Å². The van der Waals surface area contributed by atoms with Crippen molar-refractivity contribution in [3.63, 3.8) is 0 Å². The summed E-state index contributed by atoms with van der Waals surface area (Å²) in [5.41, 5.74) is -0.471. The van der Waals surface area contributed by atoms with Gasteiger partial charge in [0.1, 0.15) is 6.54 Å². The van der Waals surface area contributed by atoms with Crippen molar-refractivity contribution < 1.29 is 4.79 Å². The molecule has 0 saturated carbocycles. The highest BCUT2D eigenvalue weighted by atomic mass is 16.2. The molecule has 8 nitrogen and oxygen atoms in total. The van der Waals surface area contributed by atoms with Gasteiger partial charge in [-0.05, 0) is 18.6 Å². The van der Waals surface area contributed by atoms with Crippen LogP contribution in [0.25, 0.3) is 10.9 Å². The van der Waals surface area contributed by atoms with Crippen molar-refractivity contribution in [1.82, 2.24) is 24.7 Å². The first kappa shape index (κ1) is 17.0. The molecule has 1 atom stereocenters. The molecule has 26 heavy (non-hydrogen) atoms. The highest BCUT2D eigenvalue weighted by Gasteiger charge is 2.31. The van der Waals surface area contributed by atoms with E-state index in [1.54, 1.807) is 29.2 Å². The lowest BCUT2D eigenvalue weighted by Crippen LogP contribution is -2.49. The van der Waals surface area contributed by atoms with Crippen molar-refractivity contribution in [2.24, 2.45) is 0 Å². The minimum Gasteiger partial charge on any atom is -0.340 e. The maximum Gasteiger partial charge on any atom is 0.329 e. The van der Waals surface area contributed by atoms with Crippen LogP contribution >= 0.6 is 0 Å². The number of nitrogens with zero attached hydrogens (tertiary/aromatic N) is 3. The van der Waals surface area contributed by atoms with Gasteiger partial charge in [0.25, 0.3) is 5.56 Å². The van der Waals surface area contributed by atoms with E-state index in [0.717, 1.165) is 37.2 Å². The molecule has 2 aliphatic heterocycles. The second-order valence-electron chi connectivity index (χ2n) is 6.94. The Kier molecular flexibility index (Phi) is 4.60. The van der Waals surface area contributed by atoms with Gasteiger partial charge in [0.15, 0.2) is 0 Å². The molecule has 1 unspecified atom stereocenters. The predicted octanol–water partition coefficient (Wildman–Crippen LogP) is -0.804. The molecule has 1 aromatic carbocycles. The van der Waals surface area contributed by atoms with Gasteiger partial charge in [-0.3, -0.25) is 19.1 Å². The maximum atomic E-state index is 12.7. The van der Waals surface area contributed by atoms with E-state index in [2.05, 4.69) is 15.2 Å². The van der Waals surface area contributed by atoms with Gasteiger partial charge in [-0.2, -0.15) is 0 Å². The molecular weight excluding hydrogens is 334 g/mol. The molecule has 2 aromatic rings. The Bertz CT molecular complexity index is 928. The zero-order chi connectivity index (χ0) is 18.1. The number of aromatic amines is 1. The molecule has 2 saturated heterocycles. The summed E-state index contributed by atoms with van der Waals surface area (Å²) in [5.74, 6) is -0.175. The monoisotopic (exact) mass is 357 g/mol. The number of nitrogens with one attached hydrogen (secondary N) is 2. The second kappa shape index (κ2) is 7.05. The van der Waals surface area contributed by atoms with Crippen LogP contribution in [0.1, 0.15) is 6.42 Å². The van der Waals surface area contributed by atoms with E-state index in [9.17, 15) is 14.4 Å². The number of fused-ring (bicyclic) bond motifs is 1. The number of piperazine rings is 1. The van der Waals surface area contributed by atoms with Crippen molar-refractivity contribution in [2.45, 2.75) is 19.0 Å². The molecule has 1 aromatic heterocycles. The van der Waals surface area contributed by atoms with Crippen LogP contribution in [-0.2, 0) is 11.3 Å². The predicted molar refractivity (Wildman–Crippen MR) is 98.3 cm³/mol. The third-order valence-corrected chi connectivity index (χ3v) is 5.37. The standard InChI is InChI=1S/C18H23N5O3/c24-16(22-8-5-13(11-22)21-9-6-19-7-10-21)12-23-17(25)14-3-1-2-4-15(14)20-18(23)26/h1-4,13,19H,5-12H2,(H,20,26). The van der Waals surface area contributed by atoms with Crippen molar-refractivity contribution in [3.8, 4) is 0 Å². The van der Waals surface area contributed by atoms with E-state index < -0.39 is 11.2 Å². The number of hydrogen-bond donors (Lipinski definition) is 2. The smallest absolute Gasteiger partial charge is 0.329 e. The van der Waals surface area contributed by atoms with Gasteiger partial charge in [0.2, 0.25) is 5.91 Å². The lowest BCUT2D eigenvalue weighted by molar-refractivity contribution is -0.131. The van der Waals surface area contributed by atoms with Gasteiger partial charge in [-0.25, -0.2) is 4.79 Å². The first-order chi connectivity index (χ1) is 12.6. The Morgan fingerprint density at radius 3 is 2.69 bits per heavy atom. The van der Waals surface area contributed by atoms with Crippen molar-refractivity contribution in [2.75, 3.05) is 39.3 Å². The number of amides is 1. The number of rotatable bonds is 3. The highest BCUT2D eigenvalue weighted by molar-refractivity contribution is 5.79. The number of benzene rings is 1. The lowest BCUT2D eigenvalue weighted by atomic mass is 10.2. The van der Waals surface area contributed by atoms with Gasteiger partial charge in [-0.15, -0.1) is 0 Å². The zero-order valence-electron chi connectivity index (χ0n) is 14.6. The summed E-state index contributed by atoms with van der Waals surface area (Å²) in [6, 6.07) is 7.21. The van der Waals surface area contributed by atoms with Crippen LogP contribution in [0.5, 0.6) is 0 Å². The largest absolute Gasteiger partial charge is 0.340 e. The fourth-order valence-corrected chi connectivity index (χ4v) is 3.89. The van der Waals surface area contributed by atoms with Crippen LogP contribution in [0, 0.1) is 0 Å². The van der Waals surface area contributed by atoms with E-state index in [1.807, 2.05) is 0 Å². The molecule has 3 heterocycles. The molecule has 0 aliphatic carbocycles. The Hall–Kier alpha value is -2.45. The Morgan fingerprint density at radius 2 is 1.88 bits per heavy atom. The van der Waals surface area contributed by atoms with Crippen LogP contribution in [0.3, 0.4) is 0 Å². The number of carbonyl (C=O) groups is 1. The van der Waals surface area contributed by atoms with Crippen LogP contribution in [0.2, 0.25) is 0 Å². The fourth-order valence-electron chi connectivity index (χ4n) is 3.89. The second-order valence-corrected chi connectivity index (χ2v) is 6.94. The quantitative estimate of drug-likeness (QED) is 0.750. The third-order valence-electron chi connectivity index (χ3n) is 5.37. The highest BCUT2D eigenvalue weighted by Crippen LogP contribution is 2.16. The minimum absolute atomic E-state index is 0.175. The molecule has 8 heteroatoms. The van der Waals surface area contributed by atoms with Gasteiger partial charge in [0, 0.05) is 45.3 Å². The number of H-pyrrole nitrogens is 1. The number of para-hydroxylation sites is 1. The molecule has 2 fully saturated rings. The summed E-state index contributed by atoms with van der Waals surface area (Å²) in [5, 5.41) is 3.75. The molecule has 0 bridgehead atoms. The first-order valence-corrected chi connectivity index (χ1v) is 9.08. The van der Waals surface area contributed by atoms with Crippen LogP contribution in [-0.4, -0.2) is 70.6 Å². The molecule has 2 N–H and O–H groups in total. The normalized spacial score (nSPS) is 21.4. The van der Waals surface area contributed by atoms with E-state index in [-0.39, 0.29) is 12.5 Å². The maximum absolute atomic E-state index is 12.7. The average Bonchev–Trinajstić information content (AvgIpc) is 3.16. The Balaban J connectivity index is 1.49. The number of hydrogen-bond acceptors (Lipinski definition) is 5. The zero-order valence-corrected chi connectivity index (χ0v) is 14.6. The lowest BCUT2D eigenvalue weighted by Gasteiger charge is -2.32. The summed E-state index contributed by atoms with van der Waals surface area (Å²) in [4.78, 5) is 44.3. The summed E-state index contributed by atoms with van der Waals surface area (Å²) >= 11 is 0. The summed E-state index contributed by atoms with van der Waals surface area (Å²) in [6.45, 7) is 5.08. The molecule has 4 rings (SSSR count). The summed E-state index contributed by atoms with van der Waals surface area (Å²) in [7, 11) is 0. The third kappa shape index (κ3) is 3.17. The van der Waals surface area contributed by atoms with Crippen LogP contribution in [0.15, 0.2) is 33.9 Å². The molecule has 0 radical (unpaired) electrons. The number of likely N-dealkylation sites (tertiary alicyclic amines) is 1. The topological polar surface area (TPSA) is 90.4 Å². The van der Waals surface area contributed by atoms with E-state index in [0.29, 0.717) is 30.0 Å². The van der Waals surface area contributed by atoms with Gasteiger partial charge < -0.3 is 15.2 Å².